The monoisotopic (exact) mass is 337 g/mol. The van der Waals surface area contributed by atoms with Crippen molar-refractivity contribution in [2.24, 2.45) is 0 Å². The molecule has 5 heteroatoms. The number of alkyl halides is 3. The van der Waals surface area contributed by atoms with Gasteiger partial charge in [0.05, 0.1) is 7.11 Å². The van der Waals surface area contributed by atoms with E-state index in [-0.39, 0.29) is 11.0 Å². The highest BCUT2D eigenvalue weighted by Crippen LogP contribution is 2.36. The van der Waals surface area contributed by atoms with E-state index in [0.717, 1.165) is 5.56 Å². The summed E-state index contributed by atoms with van der Waals surface area (Å²) in [7, 11) is 1.51. The van der Waals surface area contributed by atoms with E-state index in [1.165, 1.54) is 19.2 Å². The molecule has 2 aromatic carbocycles. The molecule has 2 rings (SSSR count). The summed E-state index contributed by atoms with van der Waals surface area (Å²) in [5.74, 6) is 0.596. The summed E-state index contributed by atoms with van der Waals surface area (Å²) in [6.07, 6.45) is -4.40. The Kier molecular flexibility index (Phi) is 5.11. The Bertz CT molecular complexity index is 655. The molecule has 0 radical (unpaired) electrons. The molecule has 0 amide bonds. The fourth-order valence-electron chi connectivity index (χ4n) is 2.38. The molecule has 0 bridgehead atoms. The van der Waals surface area contributed by atoms with Gasteiger partial charge < -0.3 is 10.1 Å². The number of benzene rings is 2. The zero-order chi connectivity index (χ0) is 18.0. The average Bonchev–Trinajstić information content (AvgIpc) is 2.51. The van der Waals surface area contributed by atoms with Crippen LogP contribution in [-0.2, 0) is 5.41 Å². The summed E-state index contributed by atoms with van der Waals surface area (Å²) >= 11 is 0. The number of methoxy groups -OCH3 is 1. The quantitative estimate of drug-likeness (QED) is 0.772. The van der Waals surface area contributed by atoms with Crippen molar-refractivity contribution in [1.82, 2.24) is 0 Å². The maximum Gasteiger partial charge on any atom is 0.412 e. The second-order valence-electron chi connectivity index (χ2n) is 6.72. The highest BCUT2D eigenvalue weighted by atomic mass is 19.4. The number of anilines is 1. The first-order valence-corrected chi connectivity index (χ1v) is 7.69. The SMILES string of the molecule is COc1ccc(N[C@@H](c2ccc(C(C)(C)C)cc2)C(F)(F)F)cc1. The van der Waals surface area contributed by atoms with Crippen molar-refractivity contribution < 1.29 is 17.9 Å². The third-order valence-electron chi connectivity index (χ3n) is 3.84. The van der Waals surface area contributed by atoms with Crippen molar-refractivity contribution in [3.05, 3.63) is 59.7 Å². The van der Waals surface area contributed by atoms with E-state index in [9.17, 15) is 13.2 Å². The fraction of sp³-hybridized carbons (Fsp3) is 0.368. The molecule has 130 valence electrons. The highest BCUT2D eigenvalue weighted by molar-refractivity contribution is 5.49. The Morgan fingerprint density at radius 1 is 0.875 bits per heavy atom. The van der Waals surface area contributed by atoms with Crippen LogP contribution in [-0.4, -0.2) is 13.3 Å². The molecule has 0 unspecified atom stereocenters. The second-order valence-corrected chi connectivity index (χ2v) is 6.72. The Labute approximate surface area is 140 Å². The van der Waals surface area contributed by atoms with Crippen molar-refractivity contribution in [2.45, 2.75) is 38.4 Å². The number of halogens is 3. The average molecular weight is 337 g/mol. The zero-order valence-electron chi connectivity index (χ0n) is 14.2. The van der Waals surface area contributed by atoms with Gasteiger partial charge in [-0.1, -0.05) is 45.0 Å². The lowest BCUT2D eigenvalue weighted by Crippen LogP contribution is -2.28. The molecule has 0 aliphatic rings. The van der Waals surface area contributed by atoms with Crippen LogP contribution in [0.1, 0.15) is 37.9 Å². The summed E-state index contributed by atoms with van der Waals surface area (Å²) < 4.78 is 45.5. The second kappa shape index (κ2) is 6.75. The van der Waals surface area contributed by atoms with Gasteiger partial charge in [0.1, 0.15) is 11.8 Å². The fourth-order valence-corrected chi connectivity index (χ4v) is 2.38. The molecular formula is C19H22F3NO. The minimum Gasteiger partial charge on any atom is -0.497 e. The van der Waals surface area contributed by atoms with E-state index in [0.29, 0.717) is 11.4 Å². The maximum atomic E-state index is 13.5. The lowest BCUT2D eigenvalue weighted by Gasteiger charge is -2.25. The first-order chi connectivity index (χ1) is 11.1. The van der Waals surface area contributed by atoms with Gasteiger partial charge in [-0.3, -0.25) is 0 Å². The van der Waals surface area contributed by atoms with Gasteiger partial charge >= 0.3 is 6.18 Å². The van der Waals surface area contributed by atoms with Gasteiger partial charge in [-0.15, -0.1) is 0 Å². The van der Waals surface area contributed by atoms with Crippen LogP contribution in [0.2, 0.25) is 0 Å². The number of nitrogens with one attached hydrogen (secondary N) is 1. The van der Waals surface area contributed by atoms with Crippen LogP contribution in [0.5, 0.6) is 5.75 Å². The first-order valence-electron chi connectivity index (χ1n) is 7.69. The van der Waals surface area contributed by atoms with Gasteiger partial charge in [0.15, 0.2) is 0 Å². The normalized spacial score (nSPS) is 13.5. The van der Waals surface area contributed by atoms with E-state index in [2.05, 4.69) is 5.32 Å². The molecule has 0 aliphatic carbocycles. The van der Waals surface area contributed by atoms with Crippen molar-refractivity contribution in [3.63, 3.8) is 0 Å². The van der Waals surface area contributed by atoms with E-state index < -0.39 is 12.2 Å². The molecule has 0 spiro atoms. The van der Waals surface area contributed by atoms with Crippen LogP contribution < -0.4 is 10.1 Å². The minimum absolute atomic E-state index is 0.102. The van der Waals surface area contributed by atoms with Crippen LogP contribution in [0.3, 0.4) is 0 Å². The molecule has 2 nitrogen and oxygen atoms in total. The highest BCUT2D eigenvalue weighted by Gasteiger charge is 2.41. The Balaban J connectivity index is 2.28. The molecule has 24 heavy (non-hydrogen) atoms. The Morgan fingerprint density at radius 2 is 1.42 bits per heavy atom. The molecule has 0 aliphatic heterocycles. The summed E-state index contributed by atoms with van der Waals surface area (Å²) in [5, 5.41) is 2.56. The first kappa shape index (κ1) is 18.2. The standard InChI is InChI=1S/C19H22F3NO/c1-18(2,3)14-7-5-13(6-8-14)17(19(20,21)22)23-15-9-11-16(24-4)12-10-15/h5-12,17,23H,1-4H3/t17-/m0/s1. The van der Waals surface area contributed by atoms with Crippen molar-refractivity contribution >= 4 is 5.69 Å². The number of rotatable bonds is 4. The van der Waals surface area contributed by atoms with Crippen LogP contribution in [0.4, 0.5) is 18.9 Å². The van der Waals surface area contributed by atoms with Gasteiger partial charge in [-0.2, -0.15) is 13.2 Å². The van der Waals surface area contributed by atoms with E-state index in [1.807, 2.05) is 20.8 Å². The number of hydrogen-bond donors (Lipinski definition) is 1. The predicted molar refractivity (Wildman–Crippen MR) is 90.6 cm³/mol. The maximum absolute atomic E-state index is 13.5. The molecule has 2 aromatic rings. The Hall–Kier alpha value is -2.17. The summed E-state index contributed by atoms with van der Waals surface area (Å²) in [4.78, 5) is 0. The van der Waals surface area contributed by atoms with Crippen LogP contribution >= 0.6 is 0 Å². The van der Waals surface area contributed by atoms with Gasteiger partial charge in [-0.25, -0.2) is 0 Å². The van der Waals surface area contributed by atoms with Crippen LogP contribution in [0.25, 0.3) is 0 Å². The number of ether oxygens (including phenoxy) is 1. The summed E-state index contributed by atoms with van der Waals surface area (Å²) in [6.45, 7) is 6.08. The van der Waals surface area contributed by atoms with Gasteiger partial charge in [0.2, 0.25) is 0 Å². The molecular weight excluding hydrogens is 315 g/mol. The van der Waals surface area contributed by atoms with Gasteiger partial charge in [0.25, 0.3) is 0 Å². The van der Waals surface area contributed by atoms with Crippen LogP contribution in [0, 0.1) is 0 Å². The minimum atomic E-state index is -4.40. The molecule has 0 saturated carbocycles. The van der Waals surface area contributed by atoms with E-state index in [4.69, 9.17) is 4.74 Å². The molecule has 0 fully saturated rings. The molecule has 0 saturated heterocycles. The summed E-state index contributed by atoms with van der Waals surface area (Å²) in [5.41, 5.74) is 1.47. The smallest absolute Gasteiger partial charge is 0.412 e. The zero-order valence-corrected chi connectivity index (χ0v) is 14.2. The lowest BCUT2D eigenvalue weighted by molar-refractivity contribution is -0.144. The third kappa shape index (κ3) is 4.43. The van der Waals surface area contributed by atoms with Crippen molar-refractivity contribution in [1.29, 1.82) is 0 Å². The molecule has 0 aromatic heterocycles. The van der Waals surface area contributed by atoms with E-state index in [1.54, 1.807) is 36.4 Å². The van der Waals surface area contributed by atoms with Crippen molar-refractivity contribution in [3.8, 4) is 5.75 Å². The number of hydrogen-bond acceptors (Lipinski definition) is 2. The third-order valence-corrected chi connectivity index (χ3v) is 3.84. The molecule has 0 heterocycles. The predicted octanol–water partition coefficient (Wildman–Crippen LogP) is 5.71. The Morgan fingerprint density at radius 3 is 1.83 bits per heavy atom. The van der Waals surface area contributed by atoms with Gasteiger partial charge in [-0.05, 0) is 40.8 Å². The van der Waals surface area contributed by atoms with E-state index >= 15 is 0 Å². The topological polar surface area (TPSA) is 21.3 Å². The lowest BCUT2D eigenvalue weighted by atomic mass is 9.86. The van der Waals surface area contributed by atoms with Gasteiger partial charge in [0, 0.05) is 5.69 Å². The largest absolute Gasteiger partial charge is 0.497 e. The van der Waals surface area contributed by atoms with Crippen molar-refractivity contribution in [2.75, 3.05) is 12.4 Å². The molecule has 1 atom stereocenters. The van der Waals surface area contributed by atoms with Crippen LogP contribution in [0.15, 0.2) is 48.5 Å². The summed E-state index contributed by atoms with van der Waals surface area (Å²) in [6, 6.07) is 11.2. The molecule has 1 N–H and O–H groups in total.